The van der Waals surface area contributed by atoms with Gasteiger partial charge < -0.3 is 68.5 Å². The van der Waals surface area contributed by atoms with E-state index in [1.54, 1.807) is 27.7 Å². The van der Waals surface area contributed by atoms with Crippen LogP contribution in [0.3, 0.4) is 0 Å². The van der Waals surface area contributed by atoms with Gasteiger partial charge in [0.2, 0.25) is 70.9 Å². The summed E-state index contributed by atoms with van der Waals surface area (Å²) >= 11 is 0. The van der Waals surface area contributed by atoms with Gasteiger partial charge in [-0.2, -0.15) is 0 Å². The first-order valence-electron chi connectivity index (χ1n) is 28.5. The summed E-state index contributed by atoms with van der Waals surface area (Å²) in [5.41, 5.74) is 0.754. The number of nitrogens with one attached hydrogen (secondary N) is 9. The third-order valence-corrected chi connectivity index (χ3v) is 14.3. The van der Waals surface area contributed by atoms with Gasteiger partial charge in [0.1, 0.15) is 58.9 Å². The Morgan fingerprint density at radius 1 is 0.494 bits per heavy atom. The highest BCUT2D eigenvalue weighted by Crippen LogP contribution is 2.25. The minimum absolute atomic E-state index is 0.0534. The van der Waals surface area contributed by atoms with Crippen LogP contribution in [0.4, 0.5) is 0 Å². The van der Waals surface area contributed by atoms with Crippen LogP contribution in [0, 0.1) is 29.6 Å². The molecule has 2 rings (SSSR count). The van der Waals surface area contributed by atoms with Gasteiger partial charge in [0, 0.05) is 20.0 Å². The molecule has 2 aliphatic heterocycles. The zero-order valence-corrected chi connectivity index (χ0v) is 51.1. The molecular formula is C56H98N12O13. The average Bonchev–Trinajstić information content (AvgIpc) is 4.22. The maximum atomic E-state index is 14.4. The van der Waals surface area contributed by atoms with E-state index >= 15 is 0 Å². The second kappa shape index (κ2) is 30.6. The summed E-state index contributed by atoms with van der Waals surface area (Å²) in [5, 5.41) is 34.0. The van der Waals surface area contributed by atoms with Crippen LogP contribution in [0.15, 0.2) is 0 Å². The third kappa shape index (κ3) is 21.5. The number of primary amides is 1. The Morgan fingerprint density at radius 2 is 0.889 bits per heavy atom. The second-order valence-corrected chi connectivity index (χ2v) is 25.4. The van der Waals surface area contributed by atoms with Gasteiger partial charge in [-0.1, -0.05) is 69.2 Å². The maximum absolute atomic E-state index is 14.4. The Labute approximate surface area is 478 Å². The zero-order valence-electron chi connectivity index (χ0n) is 51.1. The van der Waals surface area contributed by atoms with Crippen molar-refractivity contribution in [3.8, 4) is 0 Å². The Kier molecular flexibility index (Phi) is 26.7. The summed E-state index contributed by atoms with van der Waals surface area (Å²) in [4.78, 5) is 166. The van der Waals surface area contributed by atoms with Crippen molar-refractivity contribution in [2.45, 2.75) is 234 Å². The van der Waals surface area contributed by atoms with Gasteiger partial charge in [-0.15, -0.1) is 0 Å². The average molecular weight is 1150 g/mol. The number of aliphatic hydroxyl groups excluding tert-OH is 1. The van der Waals surface area contributed by atoms with Crippen molar-refractivity contribution in [3.63, 3.8) is 0 Å². The highest BCUT2D eigenvalue weighted by atomic mass is 16.3. The molecule has 2 fully saturated rings. The highest BCUT2D eigenvalue weighted by Gasteiger charge is 2.46. The topological polar surface area (TPSA) is 366 Å². The lowest BCUT2D eigenvalue weighted by Crippen LogP contribution is -2.64. The van der Waals surface area contributed by atoms with Crippen molar-refractivity contribution in [3.05, 3.63) is 0 Å². The molecule has 460 valence electrons. The smallest absolute Gasteiger partial charge is 0.248 e. The minimum atomic E-state index is -1.66. The van der Waals surface area contributed by atoms with Gasteiger partial charge in [0.15, 0.2) is 0 Å². The normalized spacial score (nSPS) is 18.1. The zero-order chi connectivity index (χ0) is 62.2. The van der Waals surface area contributed by atoms with Crippen molar-refractivity contribution < 1.29 is 62.6 Å². The SMILES string of the molecule is CC(=O)NC(C)(C)C(=O)N[C@@H](CC(N)=O)C(=O)N[C@@H](CC(C)C)C(=O)N[C@H](C(=O)NC(C)(C)C(=O)N1CCC[C@H]1C(=O)N[C@@H](CC(C)C)C(=O)N[C@@H](CC(C)C)C(=O)NC(C)(C)C(=O)N1CCC[C@H]1C(=O)N[C@H](CO)C(C)C)C(C)C. The first-order chi connectivity index (χ1) is 37.3. The molecule has 0 bridgehead atoms. The number of amides is 12. The van der Waals surface area contributed by atoms with Crippen LogP contribution < -0.4 is 53.6 Å². The van der Waals surface area contributed by atoms with Gasteiger partial charge in [-0.3, -0.25) is 57.5 Å². The van der Waals surface area contributed by atoms with Gasteiger partial charge in [-0.05, 0) is 116 Å². The first-order valence-corrected chi connectivity index (χ1v) is 28.5. The Morgan fingerprint density at radius 3 is 1.28 bits per heavy atom. The lowest BCUT2D eigenvalue weighted by atomic mass is 9.97. The van der Waals surface area contributed by atoms with Crippen LogP contribution in [-0.2, 0) is 57.5 Å². The molecule has 0 aromatic heterocycles. The molecule has 0 unspecified atom stereocenters. The van der Waals surface area contributed by atoms with Crippen molar-refractivity contribution in [1.29, 1.82) is 0 Å². The summed E-state index contributed by atoms with van der Waals surface area (Å²) < 4.78 is 0. The van der Waals surface area contributed by atoms with Crippen LogP contribution >= 0.6 is 0 Å². The molecule has 12 amide bonds. The van der Waals surface area contributed by atoms with E-state index < -0.39 is 148 Å². The quantitative estimate of drug-likeness (QED) is 0.0448. The molecule has 25 nitrogen and oxygen atoms in total. The molecule has 0 radical (unpaired) electrons. The number of hydrogen-bond acceptors (Lipinski definition) is 13. The standard InChI is InChI=1S/C56H98N12O13/c1-29(2)24-35(44(72)59-37(26-31(5)6)47(75)65-55(14,15)52(80)68-23-19-21-41(68)49(77)61-39(28-69)32(7)8)60-48(76)40-20-18-22-67(40)53(81)56(16,17)66-50(78)43(33(9)10)63-46(74)36(25-30(3)4)58-45(73)38(27-42(57)71)62-51(79)54(12,13)64-34(11)70/h29-33,35-41,43,69H,18-28H2,1-17H3,(H2,57,71)(H,58,73)(H,59,72)(H,60,76)(H,61,77)(H,62,79)(H,63,74)(H,64,70)(H,65,75)(H,66,78)/t35-,36-,37-,38-,39+,40-,41-,43-/m0/s1. The predicted molar refractivity (Wildman–Crippen MR) is 302 cm³/mol. The monoisotopic (exact) mass is 1150 g/mol. The molecular weight excluding hydrogens is 1050 g/mol. The van der Waals surface area contributed by atoms with E-state index in [2.05, 4.69) is 47.9 Å². The van der Waals surface area contributed by atoms with E-state index in [0.717, 1.165) is 0 Å². The second-order valence-electron chi connectivity index (χ2n) is 25.4. The van der Waals surface area contributed by atoms with Crippen LogP contribution in [0.2, 0.25) is 0 Å². The summed E-state index contributed by atoms with van der Waals surface area (Å²) in [5.74, 6) is -9.25. The maximum Gasteiger partial charge on any atom is 0.248 e. The number of nitrogens with two attached hydrogens (primary N) is 1. The van der Waals surface area contributed by atoms with Gasteiger partial charge in [0.05, 0.1) is 19.1 Å². The molecule has 0 aromatic rings. The van der Waals surface area contributed by atoms with Crippen molar-refractivity contribution in [2.75, 3.05) is 19.7 Å². The minimum Gasteiger partial charge on any atom is -0.394 e. The van der Waals surface area contributed by atoms with E-state index in [-0.39, 0.29) is 69.1 Å². The van der Waals surface area contributed by atoms with E-state index in [9.17, 15) is 62.6 Å². The fourth-order valence-corrected chi connectivity index (χ4v) is 9.83. The number of rotatable bonds is 30. The fourth-order valence-electron chi connectivity index (χ4n) is 9.83. The Balaban J connectivity index is 2.29. The van der Waals surface area contributed by atoms with E-state index in [1.807, 2.05) is 41.5 Å². The van der Waals surface area contributed by atoms with E-state index in [1.165, 1.54) is 58.3 Å². The van der Waals surface area contributed by atoms with Crippen molar-refractivity contribution in [1.82, 2.24) is 57.7 Å². The number of aliphatic hydroxyl groups is 1. The predicted octanol–water partition coefficient (Wildman–Crippen LogP) is -0.101. The third-order valence-electron chi connectivity index (χ3n) is 14.3. The van der Waals surface area contributed by atoms with Gasteiger partial charge in [-0.25, -0.2) is 0 Å². The summed E-state index contributed by atoms with van der Waals surface area (Å²) in [6.07, 6.45) is 1.33. The summed E-state index contributed by atoms with van der Waals surface area (Å²) in [7, 11) is 0. The number of likely N-dealkylation sites (tertiary alicyclic amines) is 2. The molecule has 0 saturated carbocycles. The van der Waals surface area contributed by atoms with Crippen LogP contribution in [0.1, 0.15) is 169 Å². The largest absolute Gasteiger partial charge is 0.394 e. The molecule has 12 N–H and O–H groups in total. The molecule has 8 atom stereocenters. The van der Waals surface area contributed by atoms with Gasteiger partial charge >= 0.3 is 0 Å². The number of hydrogen-bond donors (Lipinski definition) is 11. The molecule has 2 saturated heterocycles. The molecule has 25 heteroatoms. The number of carbonyl (C=O) groups excluding carboxylic acids is 12. The Hall–Kier alpha value is -6.40. The Bertz CT molecular complexity index is 2280. The number of nitrogens with zero attached hydrogens (tertiary/aromatic N) is 2. The van der Waals surface area contributed by atoms with Crippen LogP contribution in [-0.4, -0.2) is 170 Å². The van der Waals surface area contributed by atoms with E-state index in [4.69, 9.17) is 5.73 Å². The number of carbonyl (C=O) groups is 12. The van der Waals surface area contributed by atoms with Crippen LogP contribution in [0.5, 0.6) is 0 Å². The molecule has 0 aromatic carbocycles. The van der Waals surface area contributed by atoms with Crippen molar-refractivity contribution >= 4 is 70.9 Å². The molecule has 2 aliphatic rings. The lowest BCUT2D eigenvalue weighted by Gasteiger charge is -2.36. The van der Waals surface area contributed by atoms with Crippen molar-refractivity contribution in [2.24, 2.45) is 35.3 Å². The molecule has 0 aliphatic carbocycles. The first kappa shape index (κ1) is 70.7. The summed E-state index contributed by atoms with van der Waals surface area (Å²) in [6.45, 7) is 28.1. The molecule has 0 spiro atoms. The highest BCUT2D eigenvalue weighted by molar-refractivity contribution is 6.01. The van der Waals surface area contributed by atoms with Crippen LogP contribution in [0.25, 0.3) is 0 Å². The lowest BCUT2D eigenvalue weighted by molar-refractivity contribution is -0.146. The van der Waals surface area contributed by atoms with Gasteiger partial charge in [0.25, 0.3) is 0 Å². The fraction of sp³-hybridized carbons (Fsp3) is 0.786. The van der Waals surface area contributed by atoms with E-state index in [0.29, 0.717) is 19.3 Å². The molecule has 2 heterocycles. The summed E-state index contributed by atoms with van der Waals surface area (Å²) in [6, 6.07) is -8.75. The molecule has 81 heavy (non-hydrogen) atoms.